The Balaban J connectivity index is 2.54. The molecule has 94 valence electrons. The first-order valence-corrected chi connectivity index (χ1v) is 5.62. The van der Waals surface area contributed by atoms with Gasteiger partial charge in [-0.05, 0) is 37.1 Å². The molecule has 3 N–H and O–H groups in total. The smallest absolute Gasteiger partial charge is 0.126 e. The molecular formula is C14H15FN2O. The molecule has 1 atom stereocenters. The van der Waals surface area contributed by atoms with Crippen LogP contribution in [0.25, 0.3) is 0 Å². The van der Waals surface area contributed by atoms with Gasteiger partial charge in [0.2, 0.25) is 0 Å². The Morgan fingerprint density at radius 3 is 2.67 bits per heavy atom. The highest BCUT2D eigenvalue weighted by molar-refractivity contribution is 5.51. The van der Waals surface area contributed by atoms with Crippen LogP contribution in [-0.2, 0) is 5.60 Å². The number of pyridine rings is 1. The summed E-state index contributed by atoms with van der Waals surface area (Å²) in [5, 5.41) is 10.6. The van der Waals surface area contributed by atoms with Crippen LogP contribution in [0.1, 0.15) is 23.6 Å². The van der Waals surface area contributed by atoms with E-state index in [-0.39, 0.29) is 5.82 Å². The van der Waals surface area contributed by atoms with Crippen molar-refractivity contribution in [3.8, 4) is 0 Å². The lowest BCUT2D eigenvalue weighted by Crippen LogP contribution is -2.24. The summed E-state index contributed by atoms with van der Waals surface area (Å²) in [4.78, 5) is 3.94. The zero-order valence-electron chi connectivity index (χ0n) is 10.3. The molecule has 2 aromatic rings. The number of nitrogens with two attached hydrogens (primary N) is 1. The minimum Gasteiger partial charge on any atom is -0.398 e. The number of hydrogen-bond acceptors (Lipinski definition) is 3. The Hall–Kier alpha value is -1.94. The molecule has 0 saturated heterocycles. The van der Waals surface area contributed by atoms with Gasteiger partial charge in [0.1, 0.15) is 11.4 Å². The van der Waals surface area contributed by atoms with Crippen molar-refractivity contribution in [2.75, 3.05) is 5.73 Å². The monoisotopic (exact) mass is 246 g/mol. The van der Waals surface area contributed by atoms with E-state index in [0.29, 0.717) is 22.4 Å². The largest absolute Gasteiger partial charge is 0.398 e. The second-order valence-electron chi connectivity index (χ2n) is 4.50. The van der Waals surface area contributed by atoms with Gasteiger partial charge in [-0.15, -0.1) is 0 Å². The van der Waals surface area contributed by atoms with E-state index in [4.69, 9.17) is 5.73 Å². The molecule has 2 rings (SSSR count). The van der Waals surface area contributed by atoms with Gasteiger partial charge < -0.3 is 10.8 Å². The summed E-state index contributed by atoms with van der Waals surface area (Å²) in [5.41, 5.74) is 6.33. The first-order valence-electron chi connectivity index (χ1n) is 5.62. The van der Waals surface area contributed by atoms with E-state index in [1.54, 1.807) is 38.2 Å². The van der Waals surface area contributed by atoms with Crippen LogP contribution in [0.4, 0.5) is 10.1 Å². The normalized spacial score (nSPS) is 14.2. The van der Waals surface area contributed by atoms with Crippen molar-refractivity contribution in [1.29, 1.82) is 0 Å². The van der Waals surface area contributed by atoms with Crippen LogP contribution in [0.3, 0.4) is 0 Å². The fraction of sp³-hybridized carbons (Fsp3) is 0.214. The predicted molar refractivity (Wildman–Crippen MR) is 68.5 cm³/mol. The van der Waals surface area contributed by atoms with E-state index in [9.17, 15) is 9.50 Å². The molecular weight excluding hydrogens is 231 g/mol. The van der Waals surface area contributed by atoms with Crippen molar-refractivity contribution in [2.24, 2.45) is 0 Å². The van der Waals surface area contributed by atoms with Crippen molar-refractivity contribution in [3.05, 3.63) is 59.2 Å². The van der Waals surface area contributed by atoms with Crippen LogP contribution >= 0.6 is 0 Å². The van der Waals surface area contributed by atoms with Gasteiger partial charge >= 0.3 is 0 Å². The molecule has 0 aliphatic heterocycles. The third-order valence-corrected chi connectivity index (χ3v) is 3.11. The third kappa shape index (κ3) is 2.07. The number of aromatic nitrogens is 1. The maximum Gasteiger partial charge on any atom is 0.126 e. The van der Waals surface area contributed by atoms with Crippen molar-refractivity contribution >= 4 is 5.69 Å². The van der Waals surface area contributed by atoms with E-state index in [1.807, 2.05) is 0 Å². The molecule has 0 spiro atoms. The number of nitrogens with zero attached hydrogens (tertiary/aromatic N) is 1. The van der Waals surface area contributed by atoms with Gasteiger partial charge in [0.15, 0.2) is 0 Å². The lowest BCUT2D eigenvalue weighted by molar-refractivity contribution is 0.102. The van der Waals surface area contributed by atoms with Crippen LogP contribution in [0, 0.1) is 12.7 Å². The number of anilines is 1. The molecule has 1 aromatic carbocycles. The molecule has 1 heterocycles. The van der Waals surface area contributed by atoms with Crippen LogP contribution in [-0.4, -0.2) is 10.1 Å². The topological polar surface area (TPSA) is 59.1 Å². The molecule has 4 heteroatoms. The third-order valence-electron chi connectivity index (χ3n) is 3.11. The lowest BCUT2D eigenvalue weighted by Gasteiger charge is -2.25. The van der Waals surface area contributed by atoms with Crippen molar-refractivity contribution in [2.45, 2.75) is 19.4 Å². The van der Waals surface area contributed by atoms with Gasteiger partial charge in [-0.1, -0.05) is 12.1 Å². The fourth-order valence-electron chi connectivity index (χ4n) is 1.86. The van der Waals surface area contributed by atoms with Crippen LogP contribution in [0.5, 0.6) is 0 Å². The Morgan fingerprint density at radius 1 is 1.33 bits per heavy atom. The predicted octanol–water partition coefficient (Wildman–Crippen LogP) is 2.37. The van der Waals surface area contributed by atoms with Crippen LogP contribution in [0.2, 0.25) is 0 Å². The Bertz CT molecular complexity index is 582. The van der Waals surface area contributed by atoms with Crippen molar-refractivity contribution in [1.82, 2.24) is 4.98 Å². The van der Waals surface area contributed by atoms with Gasteiger partial charge in [-0.3, -0.25) is 4.98 Å². The summed E-state index contributed by atoms with van der Waals surface area (Å²) in [5.74, 6) is -0.352. The fourth-order valence-corrected chi connectivity index (χ4v) is 1.86. The van der Waals surface area contributed by atoms with E-state index >= 15 is 0 Å². The number of nitrogen functional groups attached to an aromatic ring is 1. The van der Waals surface area contributed by atoms with E-state index in [2.05, 4.69) is 4.98 Å². The van der Waals surface area contributed by atoms with Gasteiger partial charge in [0.05, 0.1) is 0 Å². The molecule has 0 fully saturated rings. The standard InChI is InChI=1S/C14H15FN2O/c1-9-3-4-10(7-12(9)15)14(2,18)11-8-17-6-5-13(11)16/h3-8,18H,1-2H3,(H2,16,17). The number of rotatable bonds is 2. The molecule has 0 bridgehead atoms. The highest BCUT2D eigenvalue weighted by atomic mass is 19.1. The number of hydrogen-bond donors (Lipinski definition) is 2. The molecule has 0 aliphatic carbocycles. The number of aliphatic hydroxyl groups is 1. The van der Waals surface area contributed by atoms with Gasteiger partial charge in [0, 0.05) is 23.6 Å². The van der Waals surface area contributed by atoms with E-state index in [0.717, 1.165) is 0 Å². The Labute approximate surface area is 105 Å². The molecule has 18 heavy (non-hydrogen) atoms. The zero-order valence-corrected chi connectivity index (χ0v) is 10.3. The number of halogens is 1. The highest BCUT2D eigenvalue weighted by Crippen LogP contribution is 2.32. The average Bonchev–Trinajstić information content (AvgIpc) is 2.33. The molecule has 0 radical (unpaired) electrons. The van der Waals surface area contributed by atoms with E-state index in [1.165, 1.54) is 12.3 Å². The first kappa shape index (κ1) is 12.5. The maximum absolute atomic E-state index is 13.6. The van der Waals surface area contributed by atoms with Gasteiger partial charge in [-0.2, -0.15) is 0 Å². The number of aryl methyl sites for hydroxylation is 1. The summed E-state index contributed by atoms with van der Waals surface area (Å²) in [7, 11) is 0. The summed E-state index contributed by atoms with van der Waals surface area (Å²) in [6, 6.07) is 6.24. The summed E-state index contributed by atoms with van der Waals surface area (Å²) in [6.45, 7) is 3.25. The molecule has 3 nitrogen and oxygen atoms in total. The minimum absolute atomic E-state index is 0.352. The highest BCUT2D eigenvalue weighted by Gasteiger charge is 2.28. The quantitative estimate of drug-likeness (QED) is 0.855. The van der Waals surface area contributed by atoms with Crippen LogP contribution in [0.15, 0.2) is 36.7 Å². The Kier molecular flexibility index (Phi) is 3.05. The first-order chi connectivity index (χ1) is 8.43. The van der Waals surface area contributed by atoms with Crippen LogP contribution < -0.4 is 5.73 Å². The van der Waals surface area contributed by atoms with Gasteiger partial charge in [-0.25, -0.2) is 4.39 Å². The summed E-state index contributed by atoms with van der Waals surface area (Å²) < 4.78 is 13.6. The SMILES string of the molecule is Cc1ccc(C(C)(O)c2cnccc2N)cc1F. The second-order valence-corrected chi connectivity index (χ2v) is 4.50. The summed E-state index contributed by atoms with van der Waals surface area (Å²) >= 11 is 0. The lowest BCUT2D eigenvalue weighted by atomic mass is 9.88. The minimum atomic E-state index is -1.37. The molecule has 1 aromatic heterocycles. The van der Waals surface area contributed by atoms with E-state index < -0.39 is 5.60 Å². The van der Waals surface area contributed by atoms with Crippen molar-refractivity contribution < 1.29 is 9.50 Å². The molecule has 0 aliphatic rings. The maximum atomic E-state index is 13.6. The zero-order chi connectivity index (χ0) is 13.3. The van der Waals surface area contributed by atoms with Crippen molar-refractivity contribution in [3.63, 3.8) is 0 Å². The average molecular weight is 246 g/mol. The Morgan fingerprint density at radius 2 is 2.06 bits per heavy atom. The molecule has 0 amide bonds. The summed E-state index contributed by atoms with van der Waals surface area (Å²) in [6.07, 6.45) is 3.04. The second kappa shape index (κ2) is 4.38. The molecule has 1 unspecified atom stereocenters. The van der Waals surface area contributed by atoms with Gasteiger partial charge in [0.25, 0.3) is 0 Å². The molecule has 0 saturated carbocycles. The number of benzene rings is 1.